The summed E-state index contributed by atoms with van der Waals surface area (Å²) in [4.78, 5) is 0. The minimum absolute atomic E-state index is 0.930. The third kappa shape index (κ3) is 5.91. The van der Waals surface area contributed by atoms with Gasteiger partial charge in [-0.2, -0.15) is 0 Å². The van der Waals surface area contributed by atoms with Crippen LogP contribution in [0.1, 0.15) is 87.8 Å². The molecular weight excluding hydrogens is 372 g/mol. The third-order valence-electron chi connectivity index (χ3n) is 8.17. The van der Waals surface area contributed by atoms with Crippen molar-refractivity contribution in [1.29, 1.82) is 0 Å². The van der Waals surface area contributed by atoms with E-state index in [1.807, 2.05) is 6.08 Å². The van der Waals surface area contributed by atoms with Crippen LogP contribution in [0.15, 0.2) is 55.1 Å². The Hall–Kier alpha value is -1.82. The van der Waals surface area contributed by atoms with Gasteiger partial charge in [0.15, 0.2) is 0 Å². The monoisotopic (exact) mass is 414 g/mol. The molecule has 0 bridgehead atoms. The van der Waals surface area contributed by atoms with Crippen LogP contribution in [-0.4, -0.2) is 0 Å². The first-order valence-corrected chi connectivity index (χ1v) is 13.1. The quantitative estimate of drug-likeness (QED) is 0.284. The van der Waals surface area contributed by atoms with E-state index in [9.17, 15) is 0 Å². The van der Waals surface area contributed by atoms with Gasteiger partial charge in [0.25, 0.3) is 0 Å². The average Bonchev–Trinajstić information content (AvgIpc) is 2.83. The Morgan fingerprint density at radius 3 is 2.35 bits per heavy atom. The molecule has 1 saturated carbocycles. The van der Waals surface area contributed by atoms with E-state index in [0.717, 1.165) is 30.6 Å². The number of fused-ring (bicyclic) bond motifs is 1. The summed E-state index contributed by atoms with van der Waals surface area (Å²) in [6, 6.07) is 16.5. The topological polar surface area (TPSA) is 0 Å². The summed E-state index contributed by atoms with van der Waals surface area (Å²) in [6.45, 7) is 6.16. The van der Waals surface area contributed by atoms with Crippen molar-refractivity contribution in [1.82, 2.24) is 0 Å². The van der Waals surface area contributed by atoms with Gasteiger partial charge in [-0.1, -0.05) is 94.0 Å². The third-order valence-corrected chi connectivity index (χ3v) is 8.17. The van der Waals surface area contributed by atoms with E-state index in [-0.39, 0.29) is 0 Å². The highest BCUT2D eigenvalue weighted by molar-refractivity contribution is 5.65. The normalized spacial score (nSPS) is 23.3. The van der Waals surface area contributed by atoms with Crippen molar-refractivity contribution in [2.45, 2.75) is 90.4 Å². The van der Waals surface area contributed by atoms with E-state index in [0.29, 0.717) is 0 Å². The summed E-state index contributed by atoms with van der Waals surface area (Å²) in [7, 11) is 0. The lowest BCUT2D eigenvalue weighted by atomic mass is 9.69. The van der Waals surface area contributed by atoms with Gasteiger partial charge in [0.05, 0.1) is 0 Å². The number of aryl methyl sites for hydroxylation is 2. The van der Waals surface area contributed by atoms with Gasteiger partial charge in [-0.15, -0.1) is 6.58 Å². The number of allylic oxidation sites excluding steroid dienone is 1. The average molecular weight is 415 g/mol. The van der Waals surface area contributed by atoms with Crippen molar-refractivity contribution in [2.75, 3.05) is 0 Å². The van der Waals surface area contributed by atoms with Gasteiger partial charge in [-0.05, 0) is 90.5 Å². The Bertz CT molecular complexity index is 820. The zero-order valence-corrected chi connectivity index (χ0v) is 19.8. The smallest absolute Gasteiger partial charge is 0.0181 e. The lowest BCUT2D eigenvalue weighted by Crippen LogP contribution is -2.26. The molecule has 31 heavy (non-hydrogen) atoms. The van der Waals surface area contributed by atoms with Gasteiger partial charge in [-0.3, -0.25) is 0 Å². The molecule has 1 unspecified atom stereocenters. The molecule has 2 aromatic rings. The zero-order valence-electron chi connectivity index (χ0n) is 19.8. The number of benzene rings is 2. The largest absolute Gasteiger partial charge is 0.103 e. The number of rotatable bonds is 9. The maximum Gasteiger partial charge on any atom is -0.0181 e. The maximum absolute atomic E-state index is 3.83. The Kier molecular flexibility index (Phi) is 8.06. The van der Waals surface area contributed by atoms with Crippen molar-refractivity contribution in [3.8, 4) is 11.1 Å². The molecule has 0 saturated heterocycles. The van der Waals surface area contributed by atoms with E-state index in [2.05, 4.69) is 56.0 Å². The van der Waals surface area contributed by atoms with Gasteiger partial charge in [-0.25, -0.2) is 0 Å². The summed E-state index contributed by atoms with van der Waals surface area (Å²) < 4.78 is 0. The minimum atomic E-state index is 0.930. The van der Waals surface area contributed by atoms with E-state index < -0.39 is 0 Å². The second kappa shape index (κ2) is 11.2. The van der Waals surface area contributed by atoms with E-state index in [4.69, 9.17) is 0 Å². The van der Waals surface area contributed by atoms with Crippen LogP contribution >= 0.6 is 0 Å². The fourth-order valence-electron chi connectivity index (χ4n) is 6.13. The standard InChI is InChI=1S/C31H42/c1-3-5-7-9-25-12-16-27(17-13-25)29-19-21-30-22-28(18-20-31(30)23-29)26-14-10-24(11-15-26)8-6-4-2/h4,10-11,14-15,18,20,22,25,27,29H,2-3,5-9,12-13,16-17,19,21,23H2,1H3. The number of unbranched alkanes of at least 4 members (excludes halogenated alkanes) is 2. The zero-order chi connectivity index (χ0) is 21.5. The first kappa shape index (κ1) is 22.4. The molecule has 4 rings (SSSR count). The maximum atomic E-state index is 3.83. The van der Waals surface area contributed by atoms with Crippen molar-refractivity contribution >= 4 is 0 Å². The van der Waals surface area contributed by atoms with Crippen LogP contribution in [0.5, 0.6) is 0 Å². The van der Waals surface area contributed by atoms with Crippen molar-refractivity contribution in [2.24, 2.45) is 17.8 Å². The minimum Gasteiger partial charge on any atom is -0.103 e. The molecule has 0 N–H and O–H groups in total. The van der Waals surface area contributed by atoms with Crippen LogP contribution in [0, 0.1) is 17.8 Å². The van der Waals surface area contributed by atoms with E-state index in [1.165, 1.54) is 87.3 Å². The summed E-state index contributed by atoms with van der Waals surface area (Å²) in [5.41, 5.74) is 7.39. The first-order valence-electron chi connectivity index (χ1n) is 13.1. The van der Waals surface area contributed by atoms with Gasteiger partial charge >= 0.3 is 0 Å². The van der Waals surface area contributed by atoms with E-state index >= 15 is 0 Å². The molecule has 2 aromatic carbocycles. The lowest BCUT2D eigenvalue weighted by Gasteiger charge is -2.36. The Morgan fingerprint density at radius 1 is 0.839 bits per heavy atom. The molecule has 0 heteroatoms. The van der Waals surface area contributed by atoms with Gasteiger partial charge in [0.1, 0.15) is 0 Å². The summed E-state index contributed by atoms with van der Waals surface area (Å²) in [6.07, 6.45) is 19.9. The Balaban J connectivity index is 1.33. The predicted molar refractivity (Wildman–Crippen MR) is 136 cm³/mol. The molecule has 0 spiro atoms. The summed E-state index contributed by atoms with van der Waals surface area (Å²) in [5, 5.41) is 0. The van der Waals surface area contributed by atoms with Crippen LogP contribution in [-0.2, 0) is 19.3 Å². The highest BCUT2D eigenvalue weighted by atomic mass is 14.3. The van der Waals surface area contributed by atoms with Crippen molar-refractivity contribution in [3.63, 3.8) is 0 Å². The SMILES string of the molecule is C=CCCc1ccc(-c2ccc3c(c2)CCC(C2CCC(CCCCC)CC2)C3)cc1. The number of hydrogen-bond donors (Lipinski definition) is 0. The lowest BCUT2D eigenvalue weighted by molar-refractivity contribution is 0.183. The molecule has 1 fully saturated rings. The van der Waals surface area contributed by atoms with Crippen LogP contribution in [0.25, 0.3) is 11.1 Å². The van der Waals surface area contributed by atoms with Crippen LogP contribution in [0.2, 0.25) is 0 Å². The molecule has 0 nitrogen and oxygen atoms in total. The van der Waals surface area contributed by atoms with E-state index in [1.54, 1.807) is 11.1 Å². The Labute approximate surface area is 191 Å². The summed E-state index contributed by atoms with van der Waals surface area (Å²) in [5.74, 6) is 2.95. The predicted octanol–water partition coefficient (Wildman–Crippen LogP) is 8.96. The molecule has 2 aliphatic rings. The molecule has 1 atom stereocenters. The number of hydrogen-bond acceptors (Lipinski definition) is 0. The second-order valence-electron chi connectivity index (χ2n) is 10.3. The van der Waals surface area contributed by atoms with Gasteiger partial charge in [0.2, 0.25) is 0 Å². The van der Waals surface area contributed by atoms with Crippen LogP contribution in [0.3, 0.4) is 0 Å². The molecule has 0 heterocycles. The highest BCUT2D eigenvalue weighted by Crippen LogP contribution is 2.41. The summed E-state index contributed by atoms with van der Waals surface area (Å²) >= 11 is 0. The Morgan fingerprint density at radius 2 is 1.61 bits per heavy atom. The molecular formula is C31H42. The fourth-order valence-corrected chi connectivity index (χ4v) is 6.13. The molecule has 2 aliphatic carbocycles. The van der Waals surface area contributed by atoms with Gasteiger partial charge in [0, 0.05) is 0 Å². The van der Waals surface area contributed by atoms with Crippen LogP contribution in [0.4, 0.5) is 0 Å². The highest BCUT2D eigenvalue weighted by Gasteiger charge is 2.30. The van der Waals surface area contributed by atoms with Crippen molar-refractivity contribution < 1.29 is 0 Å². The molecule has 0 aliphatic heterocycles. The van der Waals surface area contributed by atoms with Crippen molar-refractivity contribution in [3.05, 3.63) is 71.8 Å². The van der Waals surface area contributed by atoms with Gasteiger partial charge < -0.3 is 0 Å². The molecule has 0 aromatic heterocycles. The molecule has 0 radical (unpaired) electrons. The molecule has 166 valence electrons. The molecule has 0 amide bonds. The fraction of sp³-hybridized carbons (Fsp3) is 0.548. The second-order valence-corrected chi connectivity index (χ2v) is 10.3. The first-order chi connectivity index (χ1) is 15.3. The van der Waals surface area contributed by atoms with Crippen LogP contribution < -0.4 is 0 Å².